The number of carbonyl (C=O) groups is 1. The van der Waals surface area contributed by atoms with Crippen LogP contribution in [0.3, 0.4) is 0 Å². The molecule has 1 aromatic carbocycles. The van der Waals surface area contributed by atoms with E-state index in [9.17, 15) is 4.79 Å². The Hall–Kier alpha value is -0.810. The van der Waals surface area contributed by atoms with Gasteiger partial charge in [0.2, 0.25) is 5.91 Å². The second-order valence-electron chi connectivity index (χ2n) is 8.22. The van der Waals surface area contributed by atoms with Gasteiger partial charge in [0.1, 0.15) is 0 Å². The summed E-state index contributed by atoms with van der Waals surface area (Å²) in [5.74, 6) is 0.288. The highest BCUT2D eigenvalue weighted by Gasteiger charge is 2.40. The summed E-state index contributed by atoms with van der Waals surface area (Å²) >= 11 is 0. The van der Waals surface area contributed by atoms with Gasteiger partial charge < -0.3 is 10.6 Å². The van der Waals surface area contributed by atoms with Crippen molar-refractivity contribution in [3.05, 3.63) is 35.9 Å². The Bertz CT molecular complexity index is 582. The zero-order valence-electron chi connectivity index (χ0n) is 16.6. The second-order valence-corrected chi connectivity index (χ2v) is 8.22. The zero-order chi connectivity index (χ0) is 17.9. The van der Waals surface area contributed by atoms with E-state index in [-0.39, 0.29) is 36.3 Å². The molecule has 3 atom stereocenters. The molecule has 1 heterocycles. The second kappa shape index (κ2) is 10.7. The summed E-state index contributed by atoms with van der Waals surface area (Å²) < 4.78 is 0. The Morgan fingerprint density at radius 2 is 1.81 bits per heavy atom. The number of carbonyl (C=O) groups excluding carboxylic acids is 1. The van der Waals surface area contributed by atoms with Crippen LogP contribution in [0.4, 0.5) is 0 Å². The molecular formula is C21H35Cl2N3O. The molecule has 1 amide bonds. The molecule has 3 unspecified atom stereocenters. The Kier molecular flexibility index (Phi) is 9.56. The van der Waals surface area contributed by atoms with Crippen LogP contribution in [-0.4, -0.2) is 46.9 Å². The third-order valence-electron chi connectivity index (χ3n) is 6.19. The molecule has 2 N–H and O–H groups in total. The maximum atomic E-state index is 13.1. The molecule has 1 aromatic rings. The van der Waals surface area contributed by atoms with Crippen LogP contribution in [0, 0.1) is 5.92 Å². The number of hydrogen-bond acceptors (Lipinski definition) is 3. The number of benzene rings is 1. The fraction of sp³-hybridized carbons (Fsp3) is 0.667. The van der Waals surface area contributed by atoms with Gasteiger partial charge >= 0.3 is 0 Å². The van der Waals surface area contributed by atoms with E-state index in [4.69, 9.17) is 5.73 Å². The predicted molar refractivity (Wildman–Crippen MR) is 117 cm³/mol. The summed E-state index contributed by atoms with van der Waals surface area (Å²) in [5, 5.41) is 0. The molecule has 0 radical (unpaired) electrons. The van der Waals surface area contributed by atoms with Crippen molar-refractivity contribution >= 4 is 30.7 Å². The summed E-state index contributed by atoms with van der Waals surface area (Å²) in [6, 6.07) is 11.1. The van der Waals surface area contributed by atoms with E-state index in [0.29, 0.717) is 11.9 Å². The largest absolute Gasteiger partial charge is 0.341 e. The number of nitrogens with two attached hydrogens (primary N) is 1. The molecule has 2 aliphatic rings. The van der Waals surface area contributed by atoms with Gasteiger partial charge in [0.15, 0.2) is 0 Å². The van der Waals surface area contributed by atoms with Crippen LogP contribution in [0.5, 0.6) is 0 Å². The fourth-order valence-electron chi connectivity index (χ4n) is 4.36. The molecule has 6 heteroatoms. The molecule has 0 bridgehead atoms. The highest BCUT2D eigenvalue weighted by Crippen LogP contribution is 2.33. The smallest absolute Gasteiger partial charge is 0.227 e. The minimum Gasteiger partial charge on any atom is -0.341 e. The molecule has 154 valence electrons. The Morgan fingerprint density at radius 1 is 1.11 bits per heavy atom. The summed E-state index contributed by atoms with van der Waals surface area (Å²) in [5.41, 5.74) is 7.47. The van der Waals surface area contributed by atoms with Crippen molar-refractivity contribution in [1.29, 1.82) is 0 Å². The zero-order valence-corrected chi connectivity index (χ0v) is 18.2. The quantitative estimate of drug-likeness (QED) is 0.814. The van der Waals surface area contributed by atoms with Crippen molar-refractivity contribution in [2.45, 2.75) is 64.1 Å². The molecule has 27 heavy (non-hydrogen) atoms. The van der Waals surface area contributed by atoms with Crippen LogP contribution in [0.2, 0.25) is 0 Å². The third-order valence-corrected chi connectivity index (χ3v) is 6.19. The van der Waals surface area contributed by atoms with Crippen molar-refractivity contribution in [3.63, 3.8) is 0 Å². The van der Waals surface area contributed by atoms with Crippen LogP contribution in [0.25, 0.3) is 0 Å². The minimum absolute atomic E-state index is 0. The van der Waals surface area contributed by atoms with Crippen molar-refractivity contribution in [1.82, 2.24) is 9.80 Å². The molecule has 1 aliphatic carbocycles. The van der Waals surface area contributed by atoms with Crippen molar-refractivity contribution in [2.24, 2.45) is 11.7 Å². The highest BCUT2D eigenvalue weighted by atomic mass is 35.5. The monoisotopic (exact) mass is 415 g/mol. The topological polar surface area (TPSA) is 49.6 Å². The van der Waals surface area contributed by atoms with Gasteiger partial charge in [-0.05, 0) is 38.7 Å². The van der Waals surface area contributed by atoms with Crippen molar-refractivity contribution in [3.8, 4) is 0 Å². The lowest BCUT2D eigenvalue weighted by atomic mass is 9.74. The van der Waals surface area contributed by atoms with Crippen LogP contribution < -0.4 is 5.73 Å². The van der Waals surface area contributed by atoms with Crippen LogP contribution >= 0.6 is 24.8 Å². The van der Waals surface area contributed by atoms with E-state index in [1.807, 2.05) is 0 Å². The van der Waals surface area contributed by atoms with Gasteiger partial charge in [0.05, 0.1) is 5.92 Å². The minimum atomic E-state index is -0.336. The van der Waals surface area contributed by atoms with E-state index in [1.54, 1.807) is 0 Å². The SMILES string of the molecule is CC1CCN(C(=O)C2CCCCC2(C)N)CCN1Cc1ccccc1.Cl.Cl. The lowest BCUT2D eigenvalue weighted by Gasteiger charge is -2.39. The normalized spacial score (nSPS) is 29.2. The molecule has 2 fully saturated rings. The summed E-state index contributed by atoms with van der Waals surface area (Å²) in [6.45, 7) is 7.93. The van der Waals surface area contributed by atoms with E-state index in [2.05, 4.69) is 54.0 Å². The molecule has 1 saturated carbocycles. The molecule has 1 aliphatic heterocycles. The molecular weight excluding hydrogens is 381 g/mol. The summed E-state index contributed by atoms with van der Waals surface area (Å²) in [7, 11) is 0. The number of amides is 1. The van der Waals surface area contributed by atoms with E-state index >= 15 is 0 Å². The third kappa shape index (κ3) is 6.08. The van der Waals surface area contributed by atoms with Crippen LogP contribution in [0.1, 0.15) is 51.5 Å². The van der Waals surface area contributed by atoms with Gasteiger partial charge in [-0.25, -0.2) is 0 Å². The fourth-order valence-corrected chi connectivity index (χ4v) is 4.36. The molecule has 0 spiro atoms. The predicted octanol–water partition coefficient (Wildman–Crippen LogP) is 3.86. The van der Waals surface area contributed by atoms with Gasteiger partial charge in [0, 0.05) is 37.8 Å². The first-order chi connectivity index (χ1) is 12.0. The lowest BCUT2D eigenvalue weighted by Crippen LogP contribution is -2.54. The Labute approximate surface area is 176 Å². The van der Waals surface area contributed by atoms with Gasteiger partial charge in [-0.1, -0.05) is 43.2 Å². The van der Waals surface area contributed by atoms with E-state index in [1.165, 1.54) is 5.56 Å². The van der Waals surface area contributed by atoms with Gasteiger partial charge in [-0.15, -0.1) is 24.8 Å². The lowest BCUT2D eigenvalue weighted by molar-refractivity contribution is -0.138. The van der Waals surface area contributed by atoms with Crippen molar-refractivity contribution in [2.75, 3.05) is 19.6 Å². The van der Waals surface area contributed by atoms with Gasteiger partial charge in [-0.2, -0.15) is 0 Å². The molecule has 3 rings (SSSR count). The van der Waals surface area contributed by atoms with Crippen LogP contribution in [0.15, 0.2) is 30.3 Å². The summed E-state index contributed by atoms with van der Waals surface area (Å²) in [6.07, 6.45) is 5.23. The van der Waals surface area contributed by atoms with E-state index < -0.39 is 0 Å². The first-order valence-corrected chi connectivity index (χ1v) is 9.83. The molecule has 0 aromatic heterocycles. The molecule has 1 saturated heterocycles. The summed E-state index contributed by atoms with van der Waals surface area (Å²) in [4.78, 5) is 17.7. The molecule has 4 nitrogen and oxygen atoms in total. The van der Waals surface area contributed by atoms with Crippen LogP contribution in [-0.2, 0) is 11.3 Å². The van der Waals surface area contributed by atoms with Gasteiger partial charge in [-0.3, -0.25) is 9.69 Å². The van der Waals surface area contributed by atoms with Gasteiger partial charge in [0.25, 0.3) is 0 Å². The number of rotatable bonds is 3. The number of halogens is 2. The Morgan fingerprint density at radius 3 is 2.48 bits per heavy atom. The van der Waals surface area contributed by atoms with Crippen molar-refractivity contribution < 1.29 is 4.79 Å². The maximum absolute atomic E-state index is 13.1. The average Bonchev–Trinajstić information content (AvgIpc) is 2.77. The first-order valence-electron chi connectivity index (χ1n) is 9.83. The first kappa shape index (κ1) is 24.2. The van der Waals surface area contributed by atoms with E-state index in [0.717, 1.165) is 58.3 Å². The number of nitrogens with zero attached hydrogens (tertiary/aromatic N) is 2. The average molecular weight is 416 g/mol. The Balaban J connectivity index is 0.00000182. The maximum Gasteiger partial charge on any atom is 0.227 e. The number of hydrogen-bond donors (Lipinski definition) is 1. The highest BCUT2D eigenvalue weighted by molar-refractivity contribution is 5.85. The standard InChI is InChI=1S/C21H33N3O.2ClH/c1-17-11-13-23(20(25)19-10-6-7-12-21(19,2)22)14-15-24(17)16-18-8-4-3-5-9-18;;/h3-5,8-9,17,19H,6-7,10-16,22H2,1-2H3;2*1H.